The lowest BCUT2D eigenvalue weighted by atomic mass is 9.78. The van der Waals surface area contributed by atoms with Crippen LogP contribution < -0.4 is 5.46 Å². The topological polar surface area (TPSA) is 84.6 Å². The summed E-state index contributed by atoms with van der Waals surface area (Å²) in [6.07, 6.45) is 0.806. The average Bonchev–Trinajstić information content (AvgIpc) is 2.69. The zero-order valence-electron chi connectivity index (χ0n) is 11.0. The fourth-order valence-electron chi connectivity index (χ4n) is 1.75. The van der Waals surface area contributed by atoms with Gasteiger partial charge < -0.3 is 14.8 Å². The van der Waals surface area contributed by atoms with E-state index in [2.05, 4.69) is 5.10 Å². The standard InChI is InChI=1S/C12H15BN2O4/c1-12(2,3)19-11(16)15-10-6-4-5-9(13(17)18)8(10)7-14-15/h4-7,17-18H,1-3H3. The number of aromatic nitrogens is 2. The normalized spacial score (nSPS) is 11.6. The Labute approximate surface area is 110 Å². The highest BCUT2D eigenvalue weighted by Crippen LogP contribution is 2.15. The van der Waals surface area contributed by atoms with Crippen LogP contribution in [0.15, 0.2) is 24.4 Å². The number of hydrogen-bond acceptors (Lipinski definition) is 5. The largest absolute Gasteiger partial charge is 0.489 e. The van der Waals surface area contributed by atoms with Crippen molar-refractivity contribution in [1.82, 2.24) is 9.78 Å². The van der Waals surface area contributed by atoms with Crippen LogP contribution in [-0.2, 0) is 4.74 Å². The van der Waals surface area contributed by atoms with E-state index >= 15 is 0 Å². The molecule has 0 saturated carbocycles. The summed E-state index contributed by atoms with van der Waals surface area (Å²) < 4.78 is 6.33. The summed E-state index contributed by atoms with van der Waals surface area (Å²) in [5, 5.41) is 23.0. The molecule has 2 rings (SSSR count). The Kier molecular flexibility index (Phi) is 3.34. The Morgan fingerprint density at radius 1 is 1.37 bits per heavy atom. The van der Waals surface area contributed by atoms with E-state index in [1.165, 1.54) is 6.20 Å². The molecule has 2 aromatic rings. The van der Waals surface area contributed by atoms with E-state index in [1.54, 1.807) is 39.0 Å². The van der Waals surface area contributed by atoms with Crippen molar-refractivity contribution in [2.24, 2.45) is 0 Å². The number of ether oxygens (including phenoxy) is 1. The Hall–Kier alpha value is -1.86. The van der Waals surface area contributed by atoms with E-state index in [9.17, 15) is 14.8 Å². The minimum atomic E-state index is -1.61. The molecule has 100 valence electrons. The Morgan fingerprint density at radius 2 is 2.05 bits per heavy atom. The molecule has 19 heavy (non-hydrogen) atoms. The lowest BCUT2D eigenvalue weighted by Gasteiger charge is -2.19. The highest BCUT2D eigenvalue weighted by atomic mass is 16.6. The fourth-order valence-corrected chi connectivity index (χ4v) is 1.75. The summed E-state index contributed by atoms with van der Waals surface area (Å²) >= 11 is 0. The number of rotatable bonds is 1. The first-order valence-electron chi connectivity index (χ1n) is 5.86. The van der Waals surface area contributed by atoms with Gasteiger partial charge in [0.15, 0.2) is 0 Å². The predicted molar refractivity (Wildman–Crippen MR) is 71.2 cm³/mol. The summed E-state index contributed by atoms with van der Waals surface area (Å²) in [4.78, 5) is 12.0. The first-order valence-corrected chi connectivity index (χ1v) is 5.86. The third-order valence-electron chi connectivity index (χ3n) is 2.49. The van der Waals surface area contributed by atoms with Gasteiger partial charge in [0.25, 0.3) is 0 Å². The number of carbonyl (C=O) groups is 1. The molecule has 0 radical (unpaired) electrons. The van der Waals surface area contributed by atoms with Crippen LogP contribution >= 0.6 is 0 Å². The molecule has 6 nitrogen and oxygen atoms in total. The van der Waals surface area contributed by atoms with Gasteiger partial charge in [-0.15, -0.1) is 0 Å². The van der Waals surface area contributed by atoms with Gasteiger partial charge in [-0.1, -0.05) is 12.1 Å². The van der Waals surface area contributed by atoms with E-state index in [-0.39, 0.29) is 0 Å². The maximum absolute atomic E-state index is 12.0. The maximum Gasteiger partial charge on any atom is 0.489 e. The van der Waals surface area contributed by atoms with Crippen molar-refractivity contribution in [3.05, 3.63) is 24.4 Å². The summed E-state index contributed by atoms with van der Waals surface area (Å²) in [6, 6.07) is 4.85. The van der Waals surface area contributed by atoms with Gasteiger partial charge in [-0.25, -0.2) is 4.79 Å². The molecular weight excluding hydrogens is 247 g/mol. The second kappa shape index (κ2) is 4.67. The molecule has 0 aliphatic rings. The third kappa shape index (κ3) is 2.77. The van der Waals surface area contributed by atoms with Crippen LogP contribution in [-0.4, -0.2) is 38.6 Å². The van der Waals surface area contributed by atoms with Crippen molar-refractivity contribution in [2.45, 2.75) is 26.4 Å². The van der Waals surface area contributed by atoms with Crippen LogP contribution in [0, 0.1) is 0 Å². The van der Waals surface area contributed by atoms with Gasteiger partial charge in [-0.3, -0.25) is 0 Å². The molecule has 1 aromatic carbocycles. The number of nitrogens with zero attached hydrogens (tertiary/aromatic N) is 2. The van der Waals surface area contributed by atoms with E-state index in [0.717, 1.165) is 4.68 Å². The smallest absolute Gasteiger partial charge is 0.442 e. The van der Waals surface area contributed by atoms with Gasteiger partial charge in [-0.05, 0) is 32.3 Å². The molecule has 0 atom stereocenters. The van der Waals surface area contributed by atoms with Gasteiger partial charge in [0.1, 0.15) is 5.60 Å². The van der Waals surface area contributed by atoms with Crippen molar-refractivity contribution in [3.63, 3.8) is 0 Å². The van der Waals surface area contributed by atoms with Crippen molar-refractivity contribution < 1.29 is 19.6 Å². The van der Waals surface area contributed by atoms with Crippen molar-refractivity contribution in [3.8, 4) is 0 Å². The molecule has 0 aliphatic carbocycles. The number of carbonyl (C=O) groups excluding carboxylic acids is 1. The van der Waals surface area contributed by atoms with Gasteiger partial charge in [0, 0.05) is 5.39 Å². The van der Waals surface area contributed by atoms with Crippen LogP contribution in [0.4, 0.5) is 4.79 Å². The van der Waals surface area contributed by atoms with Crippen molar-refractivity contribution in [1.29, 1.82) is 0 Å². The molecule has 0 bridgehead atoms. The van der Waals surface area contributed by atoms with E-state index in [4.69, 9.17) is 4.74 Å². The summed E-state index contributed by atoms with van der Waals surface area (Å²) in [6.45, 7) is 5.29. The van der Waals surface area contributed by atoms with E-state index in [1.807, 2.05) is 0 Å². The zero-order valence-corrected chi connectivity index (χ0v) is 11.0. The second-order valence-electron chi connectivity index (χ2n) is 5.19. The van der Waals surface area contributed by atoms with Gasteiger partial charge in [-0.2, -0.15) is 9.78 Å². The zero-order chi connectivity index (χ0) is 14.2. The molecule has 0 saturated heterocycles. The van der Waals surface area contributed by atoms with Gasteiger partial charge in [0.05, 0.1) is 11.7 Å². The van der Waals surface area contributed by atoms with Crippen molar-refractivity contribution in [2.75, 3.05) is 0 Å². The van der Waals surface area contributed by atoms with Crippen molar-refractivity contribution >= 4 is 29.6 Å². The number of hydrogen-bond donors (Lipinski definition) is 2. The fraction of sp³-hybridized carbons (Fsp3) is 0.333. The second-order valence-corrected chi connectivity index (χ2v) is 5.19. The van der Waals surface area contributed by atoms with Gasteiger partial charge >= 0.3 is 13.2 Å². The number of fused-ring (bicyclic) bond motifs is 1. The van der Waals surface area contributed by atoms with E-state index in [0.29, 0.717) is 16.4 Å². The number of benzene rings is 1. The van der Waals surface area contributed by atoms with Crippen LogP contribution in [0.25, 0.3) is 10.9 Å². The lowest BCUT2D eigenvalue weighted by Crippen LogP contribution is -2.30. The molecule has 1 heterocycles. The Morgan fingerprint density at radius 3 is 2.63 bits per heavy atom. The van der Waals surface area contributed by atoms with Crippen LogP contribution in [0.1, 0.15) is 20.8 Å². The Balaban J connectivity index is 2.47. The van der Waals surface area contributed by atoms with E-state index < -0.39 is 18.8 Å². The molecule has 0 unspecified atom stereocenters. The summed E-state index contributed by atoms with van der Waals surface area (Å²) in [5.74, 6) is 0. The molecule has 0 amide bonds. The first-order chi connectivity index (χ1) is 8.79. The lowest BCUT2D eigenvalue weighted by molar-refractivity contribution is 0.0522. The SMILES string of the molecule is CC(C)(C)OC(=O)n1ncc2c(B(O)O)cccc21. The van der Waals surface area contributed by atoms with Crippen LogP contribution in [0.5, 0.6) is 0 Å². The molecule has 7 heteroatoms. The molecule has 0 spiro atoms. The molecule has 0 aliphatic heterocycles. The third-order valence-corrected chi connectivity index (χ3v) is 2.49. The predicted octanol–water partition coefficient (Wildman–Crippen LogP) is 0.499. The highest BCUT2D eigenvalue weighted by Gasteiger charge is 2.22. The van der Waals surface area contributed by atoms with Crippen LogP contribution in [0.2, 0.25) is 0 Å². The minimum Gasteiger partial charge on any atom is -0.442 e. The monoisotopic (exact) mass is 262 g/mol. The van der Waals surface area contributed by atoms with Gasteiger partial charge in [0.2, 0.25) is 0 Å². The summed E-state index contributed by atoms with van der Waals surface area (Å²) in [5.41, 5.74) is 0.149. The Bertz CT molecular complexity index is 616. The average molecular weight is 262 g/mol. The maximum atomic E-state index is 12.0. The quantitative estimate of drug-likeness (QED) is 0.731. The molecule has 0 fully saturated rings. The van der Waals surface area contributed by atoms with Crippen LogP contribution in [0.3, 0.4) is 0 Å². The minimum absolute atomic E-state index is 0.298. The molecular formula is C12H15BN2O4. The summed E-state index contributed by atoms with van der Waals surface area (Å²) in [7, 11) is -1.61. The first kappa shape index (κ1) is 13.6. The molecule has 2 N–H and O–H groups in total. The highest BCUT2D eigenvalue weighted by molar-refractivity contribution is 6.61. The molecule has 1 aromatic heterocycles.